The van der Waals surface area contributed by atoms with Crippen LogP contribution in [0, 0.1) is 0 Å². The summed E-state index contributed by atoms with van der Waals surface area (Å²) >= 11 is 2.06. The molecule has 3 nitrogen and oxygen atoms in total. The minimum atomic E-state index is 0.647. The van der Waals surface area contributed by atoms with Crippen molar-refractivity contribution in [2.24, 2.45) is 0 Å². The van der Waals surface area contributed by atoms with Crippen LogP contribution in [-0.4, -0.2) is 36.6 Å². The van der Waals surface area contributed by atoms with Crippen molar-refractivity contribution in [2.75, 3.05) is 30.5 Å². The second-order valence-corrected chi connectivity index (χ2v) is 6.46. The van der Waals surface area contributed by atoms with E-state index in [4.69, 9.17) is 4.98 Å². The van der Waals surface area contributed by atoms with E-state index >= 15 is 0 Å². The van der Waals surface area contributed by atoms with Crippen LogP contribution in [0.15, 0.2) is 30.3 Å². The van der Waals surface area contributed by atoms with Crippen LogP contribution >= 0.6 is 11.8 Å². The number of aromatic nitrogens is 1. The summed E-state index contributed by atoms with van der Waals surface area (Å²) in [5.41, 5.74) is 3.51. The van der Waals surface area contributed by atoms with Crippen LogP contribution in [0.4, 0.5) is 5.69 Å². The highest BCUT2D eigenvalue weighted by molar-refractivity contribution is 7.99. The summed E-state index contributed by atoms with van der Waals surface area (Å²) in [4.78, 5) is 7.19. The molecule has 1 saturated heterocycles. The summed E-state index contributed by atoms with van der Waals surface area (Å²) in [5, 5.41) is 4.46. The van der Waals surface area contributed by atoms with Gasteiger partial charge in [0.1, 0.15) is 0 Å². The summed E-state index contributed by atoms with van der Waals surface area (Å²) < 4.78 is 0. The molecule has 1 N–H and O–H groups in total. The van der Waals surface area contributed by atoms with E-state index in [0.717, 1.165) is 17.8 Å². The number of pyridine rings is 1. The van der Waals surface area contributed by atoms with Crippen molar-refractivity contribution < 1.29 is 0 Å². The zero-order valence-electron chi connectivity index (χ0n) is 12.1. The molecule has 1 atom stereocenters. The Morgan fingerprint density at radius 3 is 3.00 bits per heavy atom. The highest BCUT2D eigenvalue weighted by Crippen LogP contribution is 2.31. The zero-order valence-corrected chi connectivity index (χ0v) is 12.9. The van der Waals surface area contributed by atoms with Crippen LogP contribution in [0.1, 0.15) is 12.1 Å². The van der Waals surface area contributed by atoms with Crippen molar-refractivity contribution in [3.8, 4) is 0 Å². The van der Waals surface area contributed by atoms with Crippen LogP contribution in [0.3, 0.4) is 0 Å². The summed E-state index contributed by atoms with van der Waals surface area (Å²) in [7, 11) is 4.19. The third kappa shape index (κ3) is 2.63. The molecule has 0 bridgehead atoms. The molecule has 0 amide bonds. The first-order valence-corrected chi connectivity index (χ1v) is 8.29. The van der Waals surface area contributed by atoms with Gasteiger partial charge < -0.3 is 10.2 Å². The van der Waals surface area contributed by atoms with Crippen LogP contribution < -0.4 is 10.2 Å². The predicted octanol–water partition coefficient (Wildman–Crippen LogP) is 2.90. The van der Waals surface area contributed by atoms with Gasteiger partial charge in [0, 0.05) is 36.5 Å². The Morgan fingerprint density at radius 1 is 1.40 bits per heavy atom. The number of rotatable bonds is 4. The molecule has 0 spiro atoms. The molecule has 1 aliphatic heterocycles. The van der Waals surface area contributed by atoms with Crippen LogP contribution in [0.2, 0.25) is 0 Å². The molecule has 1 fully saturated rings. The van der Waals surface area contributed by atoms with Crippen molar-refractivity contribution in [1.29, 1.82) is 0 Å². The Balaban J connectivity index is 2.06. The Morgan fingerprint density at radius 2 is 2.25 bits per heavy atom. The van der Waals surface area contributed by atoms with Gasteiger partial charge in [-0.1, -0.05) is 18.2 Å². The first-order chi connectivity index (χ1) is 9.79. The van der Waals surface area contributed by atoms with Crippen molar-refractivity contribution in [2.45, 2.75) is 19.0 Å². The SMILES string of the molecule is CNCc1cc(N(C)C2CCSC2)c2ccccc2n1. The summed E-state index contributed by atoms with van der Waals surface area (Å²) in [5.74, 6) is 2.51. The standard InChI is InChI=1S/C16H21N3S/c1-17-10-12-9-16(19(2)13-7-8-20-11-13)14-5-3-4-6-15(14)18-12/h3-6,9,13,17H,7-8,10-11H2,1-2H3. The fourth-order valence-electron chi connectivity index (χ4n) is 2.80. The Labute approximate surface area is 124 Å². The first kappa shape index (κ1) is 13.7. The van der Waals surface area contributed by atoms with Gasteiger partial charge in [0.2, 0.25) is 0 Å². The third-order valence-electron chi connectivity index (χ3n) is 3.94. The van der Waals surface area contributed by atoms with E-state index in [0.29, 0.717) is 6.04 Å². The number of thioether (sulfide) groups is 1. The van der Waals surface area contributed by atoms with Gasteiger partial charge in [-0.3, -0.25) is 4.98 Å². The first-order valence-electron chi connectivity index (χ1n) is 7.13. The average molecular weight is 287 g/mol. The molecule has 2 aromatic rings. The van der Waals surface area contributed by atoms with Gasteiger partial charge in [0.25, 0.3) is 0 Å². The monoisotopic (exact) mass is 287 g/mol. The smallest absolute Gasteiger partial charge is 0.0726 e. The zero-order chi connectivity index (χ0) is 13.9. The van der Waals surface area contributed by atoms with Crippen LogP contribution in [0.5, 0.6) is 0 Å². The second kappa shape index (κ2) is 6.02. The Kier molecular flexibility index (Phi) is 4.13. The maximum absolute atomic E-state index is 4.74. The number of nitrogens with one attached hydrogen (secondary N) is 1. The fraction of sp³-hybridized carbons (Fsp3) is 0.438. The molecule has 106 valence electrons. The molecular weight excluding hydrogens is 266 g/mol. The lowest BCUT2D eigenvalue weighted by molar-refractivity contribution is 0.700. The van der Waals surface area contributed by atoms with Gasteiger partial charge >= 0.3 is 0 Å². The number of para-hydroxylation sites is 1. The number of nitrogens with zero attached hydrogens (tertiary/aromatic N) is 2. The number of hydrogen-bond donors (Lipinski definition) is 1. The highest BCUT2D eigenvalue weighted by atomic mass is 32.2. The largest absolute Gasteiger partial charge is 0.370 e. The number of fused-ring (bicyclic) bond motifs is 1. The number of anilines is 1. The van der Waals surface area contributed by atoms with Crippen LogP contribution in [0.25, 0.3) is 10.9 Å². The lowest BCUT2D eigenvalue weighted by Crippen LogP contribution is -2.31. The molecule has 1 aromatic carbocycles. The van der Waals surface area contributed by atoms with Crippen LogP contribution in [-0.2, 0) is 6.54 Å². The van der Waals surface area contributed by atoms with Crippen molar-refractivity contribution in [3.63, 3.8) is 0 Å². The number of hydrogen-bond acceptors (Lipinski definition) is 4. The normalized spacial score (nSPS) is 18.6. The third-order valence-corrected chi connectivity index (χ3v) is 5.08. The van der Waals surface area contributed by atoms with E-state index in [1.165, 1.54) is 29.0 Å². The van der Waals surface area contributed by atoms with Gasteiger partial charge in [0.05, 0.1) is 11.2 Å². The fourth-order valence-corrected chi connectivity index (χ4v) is 4.07. The van der Waals surface area contributed by atoms with Gasteiger partial charge in [-0.15, -0.1) is 0 Å². The lowest BCUT2D eigenvalue weighted by Gasteiger charge is -2.27. The topological polar surface area (TPSA) is 28.2 Å². The van der Waals surface area contributed by atoms with Gasteiger partial charge in [-0.05, 0) is 31.4 Å². The minimum Gasteiger partial charge on any atom is -0.370 e. The molecular formula is C16H21N3S. The van der Waals surface area contributed by atoms with E-state index in [2.05, 4.69) is 59.4 Å². The van der Waals surface area contributed by atoms with Gasteiger partial charge in [-0.2, -0.15) is 11.8 Å². The number of benzene rings is 1. The molecule has 1 aliphatic rings. The van der Waals surface area contributed by atoms with Gasteiger partial charge in [0.15, 0.2) is 0 Å². The maximum Gasteiger partial charge on any atom is 0.0726 e. The molecule has 3 rings (SSSR count). The molecule has 1 unspecified atom stereocenters. The van der Waals surface area contributed by atoms with Crippen molar-refractivity contribution in [1.82, 2.24) is 10.3 Å². The molecule has 0 aliphatic carbocycles. The average Bonchev–Trinajstić information content (AvgIpc) is 3.00. The van der Waals surface area contributed by atoms with E-state index in [9.17, 15) is 0 Å². The molecule has 0 radical (unpaired) electrons. The Hall–Kier alpha value is -1.26. The van der Waals surface area contributed by atoms with Crippen molar-refractivity contribution >= 4 is 28.4 Å². The van der Waals surface area contributed by atoms with Gasteiger partial charge in [-0.25, -0.2) is 0 Å². The molecule has 1 aromatic heterocycles. The van der Waals surface area contributed by atoms with Crippen molar-refractivity contribution in [3.05, 3.63) is 36.0 Å². The van der Waals surface area contributed by atoms with E-state index in [-0.39, 0.29) is 0 Å². The summed E-state index contributed by atoms with van der Waals surface area (Å²) in [6, 6.07) is 11.3. The lowest BCUT2D eigenvalue weighted by atomic mass is 10.1. The Bertz CT molecular complexity index is 593. The van der Waals surface area contributed by atoms with E-state index in [1.807, 2.05) is 7.05 Å². The predicted molar refractivity (Wildman–Crippen MR) is 88.6 cm³/mol. The molecule has 0 saturated carbocycles. The quantitative estimate of drug-likeness (QED) is 0.936. The van der Waals surface area contributed by atoms with E-state index < -0.39 is 0 Å². The summed E-state index contributed by atoms with van der Waals surface area (Å²) in [6.07, 6.45) is 1.28. The molecule has 2 heterocycles. The second-order valence-electron chi connectivity index (χ2n) is 5.31. The maximum atomic E-state index is 4.74. The molecule has 4 heteroatoms. The molecule has 20 heavy (non-hydrogen) atoms. The summed E-state index contributed by atoms with van der Waals surface area (Å²) in [6.45, 7) is 0.811. The van der Waals surface area contributed by atoms with E-state index in [1.54, 1.807) is 0 Å². The minimum absolute atomic E-state index is 0.647. The highest BCUT2D eigenvalue weighted by Gasteiger charge is 2.22.